The van der Waals surface area contributed by atoms with Gasteiger partial charge in [0.1, 0.15) is 11.5 Å². The van der Waals surface area contributed by atoms with Gasteiger partial charge in [-0.25, -0.2) is 0 Å². The van der Waals surface area contributed by atoms with Crippen molar-refractivity contribution in [3.05, 3.63) is 63.1 Å². The van der Waals surface area contributed by atoms with Crippen molar-refractivity contribution >= 4 is 5.69 Å². The molecule has 1 unspecified atom stereocenters. The highest BCUT2D eigenvalue weighted by Crippen LogP contribution is 2.23. The fourth-order valence-electron chi connectivity index (χ4n) is 2.14. The molecule has 0 saturated heterocycles. The molecule has 19 heavy (non-hydrogen) atoms. The molecular weight excluding hydrogens is 244 g/mol. The molecule has 0 radical (unpaired) electrons. The van der Waals surface area contributed by atoms with Crippen molar-refractivity contribution in [2.24, 2.45) is 5.73 Å². The van der Waals surface area contributed by atoms with Crippen LogP contribution >= 0.6 is 0 Å². The Morgan fingerprint density at radius 3 is 2.42 bits per heavy atom. The summed E-state index contributed by atoms with van der Waals surface area (Å²) in [5.74, 6) is 1.67. The van der Waals surface area contributed by atoms with Crippen LogP contribution < -0.4 is 5.73 Å². The van der Waals surface area contributed by atoms with Gasteiger partial charge < -0.3 is 10.2 Å². The molecule has 0 spiro atoms. The molecule has 0 aliphatic heterocycles. The van der Waals surface area contributed by atoms with Gasteiger partial charge in [0.25, 0.3) is 5.69 Å². The maximum atomic E-state index is 10.6. The average Bonchev–Trinajstić information content (AvgIpc) is 2.69. The van der Waals surface area contributed by atoms with E-state index < -0.39 is 4.92 Å². The quantitative estimate of drug-likeness (QED) is 0.676. The first-order valence-electron chi connectivity index (χ1n) is 6.03. The molecule has 0 saturated carbocycles. The topological polar surface area (TPSA) is 82.3 Å². The van der Waals surface area contributed by atoms with E-state index in [0.29, 0.717) is 6.42 Å². The smallest absolute Gasteiger partial charge is 0.269 e. The van der Waals surface area contributed by atoms with Gasteiger partial charge in [0.2, 0.25) is 0 Å². The predicted molar refractivity (Wildman–Crippen MR) is 71.9 cm³/mol. The summed E-state index contributed by atoms with van der Waals surface area (Å²) in [7, 11) is 0. The zero-order chi connectivity index (χ0) is 14.0. The molecule has 1 atom stereocenters. The first-order valence-corrected chi connectivity index (χ1v) is 6.03. The lowest BCUT2D eigenvalue weighted by atomic mass is 10.00. The number of rotatable bonds is 4. The van der Waals surface area contributed by atoms with Gasteiger partial charge in [0.15, 0.2) is 0 Å². The molecule has 1 heterocycles. The minimum atomic E-state index is -0.409. The second kappa shape index (κ2) is 5.24. The third kappa shape index (κ3) is 3.00. The SMILES string of the molecule is Cc1cc(C(N)Cc2ccc([N+](=O)[O-])cc2)c(C)o1. The van der Waals surface area contributed by atoms with Crippen LogP contribution in [0.2, 0.25) is 0 Å². The normalized spacial score (nSPS) is 12.4. The highest BCUT2D eigenvalue weighted by molar-refractivity contribution is 5.34. The summed E-state index contributed by atoms with van der Waals surface area (Å²) >= 11 is 0. The van der Waals surface area contributed by atoms with Crippen molar-refractivity contribution < 1.29 is 9.34 Å². The maximum absolute atomic E-state index is 10.6. The van der Waals surface area contributed by atoms with Gasteiger partial charge in [-0.3, -0.25) is 10.1 Å². The Balaban J connectivity index is 2.12. The van der Waals surface area contributed by atoms with E-state index in [1.54, 1.807) is 12.1 Å². The summed E-state index contributed by atoms with van der Waals surface area (Å²) in [6.07, 6.45) is 0.623. The summed E-state index contributed by atoms with van der Waals surface area (Å²) in [5, 5.41) is 10.6. The number of furan rings is 1. The van der Waals surface area contributed by atoms with Crippen molar-refractivity contribution in [2.45, 2.75) is 26.3 Å². The lowest BCUT2D eigenvalue weighted by Crippen LogP contribution is -2.13. The zero-order valence-electron chi connectivity index (χ0n) is 10.9. The van der Waals surface area contributed by atoms with Crippen LogP contribution in [-0.2, 0) is 6.42 Å². The molecule has 2 rings (SSSR count). The Hall–Kier alpha value is -2.14. The lowest BCUT2D eigenvalue weighted by molar-refractivity contribution is -0.384. The standard InChI is InChI=1S/C14H16N2O3/c1-9-7-13(10(2)19-9)14(15)8-11-3-5-12(6-4-11)16(17)18/h3-7,14H,8,15H2,1-2H3. The van der Waals surface area contributed by atoms with Crippen LogP contribution in [0.5, 0.6) is 0 Å². The first-order chi connectivity index (χ1) is 8.97. The van der Waals surface area contributed by atoms with Gasteiger partial charge in [-0.15, -0.1) is 0 Å². The fraction of sp³-hybridized carbons (Fsp3) is 0.286. The van der Waals surface area contributed by atoms with Gasteiger partial charge in [-0.2, -0.15) is 0 Å². The number of hydrogen-bond acceptors (Lipinski definition) is 4. The lowest BCUT2D eigenvalue weighted by Gasteiger charge is -2.10. The molecule has 100 valence electrons. The highest BCUT2D eigenvalue weighted by atomic mass is 16.6. The summed E-state index contributed by atoms with van der Waals surface area (Å²) in [4.78, 5) is 10.2. The fourth-order valence-corrected chi connectivity index (χ4v) is 2.14. The van der Waals surface area contributed by atoms with E-state index in [4.69, 9.17) is 10.2 Å². The summed E-state index contributed by atoms with van der Waals surface area (Å²) in [5.41, 5.74) is 8.19. The Morgan fingerprint density at radius 2 is 1.95 bits per heavy atom. The predicted octanol–water partition coefficient (Wildman–Crippen LogP) is 3.05. The van der Waals surface area contributed by atoms with Gasteiger partial charge in [0, 0.05) is 23.7 Å². The summed E-state index contributed by atoms with van der Waals surface area (Å²) < 4.78 is 5.45. The third-order valence-electron chi connectivity index (χ3n) is 3.08. The Labute approximate surface area is 111 Å². The van der Waals surface area contributed by atoms with E-state index in [0.717, 1.165) is 22.6 Å². The molecule has 0 amide bonds. The van der Waals surface area contributed by atoms with Crippen LogP contribution in [0.25, 0.3) is 0 Å². The van der Waals surface area contributed by atoms with Crippen LogP contribution in [0, 0.1) is 24.0 Å². The van der Waals surface area contributed by atoms with E-state index >= 15 is 0 Å². The molecule has 0 aliphatic carbocycles. The number of nitro groups is 1. The number of non-ortho nitro benzene ring substituents is 1. The number of hydrogen-bond donors (Lipinski definition) is 1. The van der Waals surface area contributed by atoms with Gasteiger partial charge in [0.05, 0.1) is 4.92 Å². The van der Waals surface area contributed by atoms with Gasteiger partial charge in [-0.1, -0.05) is 12.1 Å². The molecule has 2 aromatic rings. The van der Waals surface area contributed by atoms with E-state index in [-0.39, 0.29) is 11.7 Å². The van der Waals surface area contributed by atoms with Crippen LogP contribution in [-0.4, -0.2) is 4.92 Å². The van der Waals surface area contributed by atoms with Gasteiger partial charge >= 0.3 is 0 Å². The number of benzene rings is 1. The molecule has 0 bridgehead atoms. The molecule has 0 fully saturated rings. The van der Waals surface area contributed by atoms with Gasteiger partial charge in [-0.05, 0) is 31.9 Å². The van der Waals surface area contributed by atoms with E-state index in [2.05, 4.69) is 0 Å². The third-order valence-corrected chi connectivity index (χ3v) is 3.08. The van der Waals surface area contributed by atoms with Crippen LogP contribution in [0.1, 0.15) is 28.7 Å². The second-order valence-electron chi connectivity index (χ2n) is 4.60. The molecule has 5 heteroatoms. The molecule has 1 aromatic carbocycles. The van der Waals surface area contributed by atoms with E-state index in [9.17, 15) is 10.1 Å². The number of nitrogens with zero attached hydrogens (tertiary/aromatic N) is 1. The Bertz CT molecular complexity index is 587. The van der Waals surface area contributed by atoms with Crippen molar-refractivity contribution in [3.8, 4) is 0 Å². The van der Waals surface area contributed by atoms with Crippen molar-refractivity contribution in [2.75, 3.05) is 0 Å². The zero-order valence-corrected chi connectivity index (χ0v) is 10.9. The largest absolute Gasteiger partial charge is 0.466 e. The summed E-state index contributed by atoms with van der Waals surface area (Å²) in [6.45, 7) is 3.77. The molecule has 0 aliphatic rings. The highest BCUT2D eigenvalue weighted by Gasteiger charge is 2.14. The van der Waals surface area contributed by atoms with Crippen LogP contribution in [0.4, 0.5) is 5.69 Å². The molecule has 2 N–H and O–H groups in total. The van der Waals surface area contributed by atoms with E-state index in [1.165, 1.54) is 12.1 Å². The van der Waals surface area contributed by atoms with Crippen molar-refractivity contribution in [1.82, 2.24) is 0 Å². The number of nitro benzene ring substituents is 1. The Morgan fingerprint density at radius 1 is 1.32 bits per heavy atom. The van der Waals surface area contributed by atoms with Crippen LogP contribution in [0.3, 0.4) is 0 Å². The summed E-state index contributed by atoms with van der Waals surface area (Å²) in [6, 6.07) is 8.23. The average molecular weight is 260 g/mol. The van der Waals surface area contributed by atoms with Crippen molar-refractivity contribution in [3.63, 3.8) is 0 Å². The van der Waals surface area contributed by atoms with Crippen LogP contribution in [0.15, 0.2) is 34.7 Å². The second-order valence-corrected chi connectivity index (χ2v) is 4.60. The van der Waals surface area contributed by atoms with E-state index in [1.807, 2.05) is 19.9 Å². The molecule has 1 aromatic heterocycles. The Kier molecular flexibility index (Phi) is 3.66. The number of nitrogens with two attached hydrogens (primary N) is 1. The first kappa shape index (κ1) is 13.3. The van der Waals surface area contributed by atoms with Crippen molar-refractivity contribution in [1.29, 1.82) is 0 Å². The minimum absolute atomic E-state index is 0.0904. The molecule has 5 nitrogen and oxygen atoms in total. The monoisotopic (exact) mass is 260 g/mol. The minimum Gasteiger partial charge on any atom is -0.466 e. The molecular formula is C14H16N2O3. The maximum Gasteiger partial charge on any atom is 0.269 e. The number of aryl methyl sites for hydroxylation is 2.